The van der Waals surface area contributed by atoms with Crippen molar-refractivity contribution in [3.05, 3.63) is 0 Å². The summed E-state index contributed by atoms with van der Waals surface area (Å²) in [7, 11) is 5.37. The lowest BCUT2D eigenvalue weighted by molar-refractivity contribution is 0.0198. The first-order valence-corrected chi connectivity index (χ1v) is 7.80. The lowest BCUT2D eigenvalue weighted by Crippen LogP contribution is -2.67. The molecule has 0 heterocycles. The lowest BCUT2D eigenvalue weighted by atomic mass is 10.1. The molecule has 1 fully saturated rings. The van der Waals surface area contributed by atoms with E-state index in [0.717, 1.165) is 12.6 Å². The second-order valence-electron chi connectivity index (χ2n) is 4.44. The van der Waals surface area contributed by atoms with E-state index in [0.29, 0.717) is 0 Å². The van der Waals surface area contributed by atoms with E-state index < -0.39 is 0 Å². The zero-order chi connectivity index (χ0) is 11.3. The Morgan fingerprint density at radius 3 is 2.13 bits per heavy atom. The van der Waals surface area contributed by atoms with Gasteiger partial charge in [-0.1, -0.05) is 19.8 Å². The number of hydrogen-bond acceptors (Lipinski definition) is 3. The Hall–Kier alpha value is 0.0969. The SMILES string of the molecule is CCN(C1CCCC1)C(C[SiH3])(NC)NC. The van der Waals surface area contributed by atoms with Gasteiger partial charge in [0.05, 0.1) is 0 Å². The highest BCUT2D eigenvalue weighted by Crippen LogP contribution is 2.28. The average molecular weight is 229 g/mol. The molecule has 0 bridgehead atoms. The number of nitrogens with zero attached hydrogens (tertiary/aromatic N) is 1. The molecule has 1 saturated carbocycles. The minimum Gasteiger partial charge on any atom is -0.290 e. The normalized spacial score (nSPS) is 19.2. The van der Waals surface area contributed by atoms with Crippen LogP contribution in [0.3, 0.4) is 0 Å². The maximum atomic E-state index is 3.49. The van der Waals surface area contributed by atoms with Crippen molar-refractivity contribution in [2.75, 3.05) is 20.6 Å². The first-order chi connectivity index (χ1) is 7.24. The summed E-state index contributed by atoms with van der Waals surface area (Å²) in [6, 6.07) is 2.01. The molecule has 0 amide bonds. The van der Waals surface area contributed by atoms with Crippen LogP contribution in [0.15, 0.2) is 0 Å². The van der Waals surface area contributed by atoms with Gasteiger partial charge in [-0.2, -0.15) is 0 Å². The van der Waals surface area contributed by atoms with E-state index in [1.54, 1.807) is 0 Å². The summed E-state index contributed by atoms with van der Waals surface area (Å²) in [6.45, 7) is 3.41. The molecule has 0 aliphatic heterocycles. The van der Waals surface area contributed by atoms with Crippen molar-refractivity contribution in [1.29, 1.82) is 0 Å². The molecular weight excluding hydrogens is 202 g/mol. The van der Waals surface area contributed by atoms with Crippen LogP contribution in [-0.4, -0.2) is 47.6 Å². The van der Waals surface area contributed by atoms with Gasteiger partial charge in [0, 0.05) is 16.3 Å². The second-order valence-corrected chi connectivity index (χ2v) is 5.15. The van der Waals surface area contributed by atoms with Crippen LogP contribution in [-0.2, 0) is 0 Å². The Morgan fingerprint density at radius 1 is 1.27 bits per heavy atom. The van der Waals surface area contributed by atoms with Gasteiger partial charge in [-0.3, -0.25) is 15.5 Å². The van der Waals surface area contributed by atoms with E-state index >= 15 is 0 Å². The summed E-state index contributed by atoms with van der Waals surface area (Å²) in [6.07, 6.45) is 5.57. The topological polar surface area (TPSA) is 27.3 Å². The van der Waals surface area contributed by atoms with E-state index in [4.69, 9.17) is 0 Å². The van der Waals surface area contributed by atoms with Crippen molar-refractivity contribution in [1.82, 2.24) is 15.5 Å². The van der Waals surface area contributed by atoms with Crippen LogP contribution < -0.4 is 10.6 Å². The third kappa shape index (κ3) is 2.61. The Morgan fingerprint density at radius 2 is 1.80 bits per heavy atom. The first-order valence-electron chi connectivity index (χ1n) is 6.38. The van der Waals surface area contributed by atoms with Crippen molar-refractivity contribution in [3.8, 4) is 0 Å². The summed E-state index contributed by atoms with van der Waals surface area (Å²) >= 11 is 0. The summed E-state index contributed by atoms with van der Waals surface area (Å²) in [4.78, 5) is 2.63. The van der Waals surface area contributed by atoms with Crippen molar-refractivity contribution in [2.45, 2.75) is 50.5 Å². The molecule has 2 N–H and O–H groups in total. The van der Waals surface area contributed by atoms with E-state index in [1.165, 1.54) is 42.0 Å². The zero-order valence-electron chi connectivity index (χ0n) is 10.8. The fraction of sp³-hybridized carbons (Fsp3) is 1.00. The van der Waals surface area contributed by atoms with Crippen molar-refractivity contribution < 1.29 is 0 Å². The van der Waals surface area contributed by atoms with Crippen LogP contribution in [0.2, 0.25) is 6.04 Å². The van der Waals surface area contributed by atoms with Gasteiger partial charge in [0.15, 0.2) is 0 Å². The molecule has 0 atom stereocenters. The Bertz CT molecular complexity index is 168. The highest BCUT2D eigenvalue weighted by atomic mass is 28.1. The molecule has 0 aromatic carbocycles. The van der Waals surface area contributed by atoms with Gasteiger partial charge in [0.25, 0.3) is 0 Å². The van der Waals surface area contributed by atoms with Crippen LogP contribution >= 0.6 is 0 Å². The monoisotopic (exact) mass is 229 g/mol. The Balaban J connectivity index is 2.76. The van der Waals surface area contributed by atoms with Gasteiger partial charge in [-0.05, 0) is 39.5 Å². The molecule has 0 radical (unpaired) electrons. The largest absolute Gasteiger partial charge is 0.290 e. The summed E-state index contributed by atoms with van der Waals surface area (Å²) in [5.41, 5.74) is 0. The maximum absolute atomic E-state index is 3.49. The van der Waals surface area contributed by atoms with Crippen LogP contribution in [0.4, 0.5) is 0 Å². The fourth-order valence-corrected chi connectivity index (χ4v) is 4.14. The molecule has 4 heteroatoms. The molecule has 15 heavy (non-hydrogen) atoms. The Labute approximate surface area is 97.4 Å². The average Bonchev–Trinajstić information content (AvgIpc) is 2.79. The van der Waals surface area contributed by atoms with Gasteiger partial charge in [0.1, 0.15) is 5.79 Å². The van der Waals surface area contributed by atoms with Crippen LogP contribution in [0.5, 0.6) is 0 Å². The third-order valence-corrected chi connectivity index (χ3v) is 4.96. The van der Waals surface area contributed by atoms with Gasteiger partial charge in [0.2, 0.25) is 0 Å². The molecule has 3 nitrogen and oxygen atoms in total. The van der Waals surface area contributed by atoms with Gasteiger partial charge in [-0.25, -0.2) is 0 Å². The minimum atomic E-state index is 0.0516. The van der Waals surface area contributed by atoms with Crippen LogP contribution in [0.25, 0.3) is 0 Å². The molecule has 90 valence electrons. The molecular formula is C11H27N3Si. The zero-order valence-corrected chi connectivity index (χ0v) is 12.8. The summed E-state index contributed by atoms with van der Waals surface area (Å²) < 4.78 is 0. The smallest absolute Gasteiger partial charge is 0.122 e. The van der Waals surface area contributed by atoms with Crippen molar-refractivity contribution in [2.24, 2.45) is 0 Å². The second kappa shape index (κ2) is 5.99. The predicted octanol–water partition coefficient (Wildman–Crippen LogP) is 0.127. The van der Waals surface area contributed by atoms with Gasteiger partial charge in [-0.15, -0.1) is 0 Å². The molecule has 1 aliphatic rings. The standard InChI is InChI=1S/C11H27N3Si/c1-4-14(10-7-5-6-8-10)11(9-15,12-2)13-3/h10,12-13H,4-9H2,1-3,15H3. The van der Waals surface area contributed by atoms with E-state index in [2.05, 4.69) is 36.6 Å². The van der Waals surface area contributed by atoms with Crippen molar-refractivity contribution >= 4 is 10.2 Å². The summed E-state index contributed by atoms with van der Waals surface area (Å²) in [5.74, 6) is 0.0516. The molecule has 1 rings (SSSR count). The van der Waals surface area contributed by atoms with Crippen LogP contribution in [0.1, 0.15) is 32.6 Å². The lowest BCUT2D eigenvalue weighted by Gasteiger charge is -2.46. The molecule has 1 aliphatic carbocycles. The quantitative estimate of drug-likeness (QED) is 0.501. The third-order valence-electron chi connectivity index (χ3n) is 3.94. The molecule has 0 aromatic heterocycles. The molecule has 0 saturated heterocycles. The van der Waals surface area contributed by atoms with E-state index in [9.17, 15) is 0 Å². The maximum Gasteiger partial charge on any atom is 0.122 e. The first kappa shape index (κ1) is 13.2. The van der Waals surface area contributed by atoms with E-state index in [1.807, 2.05) is 0 Å². The molecule has 0 aromatic rings. The number of rotatable bonds is 6. The Kier molecular flexibility index (Phi) is 5.25. The highest BCUT2D eigenvalue weighted by Gasteiger charge is 2.36. The predicted molar refractivity (Wildman–Crippen MR) is 70.2 cm³/mol. The molecule has 0 unspecified atom stereocenters. The number of nitrogens with one attached hydrogen (secondary N) is 2. The highest BCUT2D eigenvalue weighted by molar-refractivity contribution is 6.09. The van der Waals surface area contributed by atoms with E-state index in [-0.39, 0.29) is 5.79 Å². The number of hydrogen-bond donors (Lipinski definition) is 2. The van der Waals surface area contributed by atoms with Gasteiger partial charge >= 0.3 is 0 Å². The van der Waals surface area contributed by atoms with Gasteiger partial charge < -0.3 is 0 Å². The van der Waals surface area contributed by atoms with Crippen LogP contribution in [0, 0.1) is 0 Å². The van der Waals surface area contributed by atoms with Crippen molar-refractivity contribution in [3.63, 3.8) is 0 Å². The fourth-order valence-electron chi connectivity index (χ4n) is 3.02. The minimum absolute atomic E-state index is 0.0516. The summed E-state index contributed by atoms with van der Waals surface area (Å²) in [5, 5.41) is 6.98. The molecule has 0 spiro atoms.